The molecule has 2 rings (SSSR count). The minimum atomic E-state index is -0.0285. The Labute approximate surface area is 100 Å². The summed E-state index contributed by atoms with van der Waals surface area (Å²) in [5, 5.41) is 0.917. The van der Waals surface area contributed by atoms with E-state index in [1.165, 1.54) is 6.42 Å². The van der Waals surface area contributed by atoms with E-state index in [0.717, 1.165) is 31.6 Å². The van der Waals surface area contributed by atoms with E-state index in [0.29, 0.717) is 12.1 Å². The number of hydrogen-bond acceptors (Lipinski definition) is 3. The molecule has 2 unspecified atom stereocenters. The van der Waals surface area contributed by atoms with Crippen LogP contribution in [0.1, 0.15) is 20.3 Å². The van der Waals surface area contributed by atoms with Crippen molar-refractivity contribution in [1.29, 1.82) is 0 Å². The number of alkyl halides is 1. The molecule has 88 valence electrons. The molecular formula is C11H20BrNO2. The van der Waals surface area contributed by atoms with Crippen LogP contribution in [0.3, 0.4) is 0 Å². The molecule has 0 aromatic carbocycles. The second kappa shape index (κ2) is 4.70. The van der Waals surface area contributed by atoms with Gasteiger partial charge in [0.1, 0.15) is 0 Å². The molecule has 0 aromatic heterocycles. The molecule has 0 spiro atoms. The fraction of sp³-hybridized carbons (Fsp3) is 1.00. The lowest BCUT2D eigenvalue weighted by Crippen LogP contribution is -2.56. The van der Waals surface area contributed by atoms with E-state index in [-0.39, 0.29) is 5.60 Å². The highest BCUT2D eigenvalue weighted by molar-refractivity contribution is 9.09. The van der Waals surface area contributed by atoms with Gasteiger partial charge in [0.15, 0.2) is 0 Å². The zero-order valence-electron chi connectivity index (χ0n) is 9.54. The van der Waals surface area contributed by atoms with Crippen LogP contribution in [0.25, 0.3) is 0 Å². The Kier molecular flexibility index (Phi) is 3.71. The topological polar surface area (TPSA) is 21.7 Å². The third-order valence-corrected chi connectivity index (χ3v) is 3.82. The lowest BCUT2D eigenvalue weighted by atomic mass is 10.0. The third kappa shape index (κ3) is 2.93. The summed E-state index contributed by atoms with van der Waals surface area (Å²) in [4.78, 5) is 2.53. The van der Waals surface area contributed by atoms with Crippen LogP contribution in [0.2, 0.25) is 0 Å². The Balaban J connectivity index is 1.98. The van der Waals surface area contributed by atoms with Gasteiger partial charge < -0.3 is 9.47 Å². The Morgan fingerprint density at radius 2 is 2.27 bits per heavy atom. The predicted molar refractivity (Wildman–Crippen MR) is 63.5 cm³/mol. The minimum absolute atomic E-state index is 0.0285. The third-order valence-electron chi connectivity index (χ3n) is 3.10. The van der Waals surface area contributed by atoms with E-state index < -0.39 is 0 Å². The van der Waals surface area contributed by atoms with Crippen molar-refractivity contribution < 1.29 is 9.47 Å². The van der Waals surface area contributed by atoms with Crippen molar-refractivity contribution in [1.82, 2.24) is 4.90 Å². The first-order valence-corrected chi connectivity index (χ1v) is 6.78. The maximum Gasteiger partial charge on any atom is 0.0806 e. The van der Waals surface area contributed by atoms with Crippen molar-refractivity contribution in [2.24, 2.45) is 0 Å². The van der Waals surface area contributed by atoms with Crippen LogP contribution in [-0.2, 0) is 9.47 Å². The summed E-state index contributed by atoms with van der Waals surface area (Å²) < 4.78 is 11.4. The standard InChI is InChI=1S/C11H20BrNO2/c1-11(2)8-13(6-10(5-12)15-11)9-3-4-14-7-9/h9-10H,3-8H2,1-2H3. The molecule has 4 heteroatoms. The highest BCUT2D eigenvalue weighted by Crippen LogP contribution is 2.25. The molecule has 3 nitrogen and oxygen atoms in total. The van der Waals surface area contributed by atoms with Gasteiger partial charge in [-0.1, -0.05) is 15.9 Å². The fourth-order valence-corrected chi connectivity index (χ4v) is 2.85. The van der Waals surface area contributed by atoms with Crippen molar-refractivity contribution in [3.05, 3.63) is 0 Å². The number of nitrogens with zero attached hydrogens (tertiary/aromatic N) is 1. The van der Waals surface area contributed by atoms with Crippen LogP contribution in [0.5, 0.6) is 0 Å². The number of morpholine rings is 1. The Morgan fingerprint density at radius 1 is 1.47 bits per heavy atom. The van der Waals surface area contributed by atoms with Gasteiger partial charge in [0.2, 0.25) is 0 Å². The molecular weight excluding hydrogens is 258 g/mol. The Morgan fingerprint density at radius 3 is 2.87 bits per heavy atom. The molecule has 15 heavy (non-hydrogen) atoms. The molecule has 2 fully saturated rings. The Hall–Kier alpha value is 0.360. The highest BCUT2D eigenvalue weighted by Gasteiger charge is 2.36. The van der Waals surface area contributed by atoms with Gasteiger partial charge in [0.25, 0.3) is 0 Å². The summed E-state index contributed by atoms with van der Waals surface area (Å²) in [5.74, 6) is 0. The van der Waals surface area contributed by atoms with Gasteiger partial charge in [-0.3, -0.25) is 4.90 Å². The van der Waals surface area contributed by atoms with E-state index in [1.807, 2.05) is 0 Å². The fourth-order valence-electron chi connectivity index (χ4n) is 2.51. The maximum absolute atomic E-state index is 5.98. The van der Waals surface area contributed by atoms with Gasteiger partial charge in [0, 0.05) is 31.1 Å². The van der Waals surface area contributed by atoms with Crippen molar-refractivity contribution >= 4 is 15.9 Å². The normalized spacial score (nSPS) is 37.0. The molecule has 0 amide bonds. The van der Waals surface area contributed by atoms with Crippen LogP contribution in [0.4, 0.5) is 0 Å². The Bertz CT molecular complexity index is 217. The highest BCUT2D eigenvalue weighted by atomic mass is 79.9. The van der Waals surface area contributed by atoms with E-state index in [4.69, 9.17) is 9.47 Å². The summed E-state index contributed by atoms with van der Waals surface area (Å²) >= 11 is 3.52. The van der Waals surface area contributed by atoms with Crippen molar-refractivity contribution in [2.75, 3.05) is 31.6 Å². The van der Waals surface area contributed by atoms with Gasteiger partial charge in [-0.15, -0.1) is 0 Å². The molecule has 2 aliphatic rings. The predicted octanol–water partition coefficient (Wildman–Crippen LogP) is 1.65. The summed E-state index contributed by atoms with van der Waals surface area (Å²) in [6.07, 6.45) is 1.49. The molecule has 2 heterocycles. The number of hydrogen-bond donors (Lipinski definition) is 0. The molecule has 0 saturated carbocycles. The van der Waals surface area contributed by atoms with Crippen molar-refractivity contribution in [2.45, 2.75) is 38.0 Å². The van der Waals surface area contributed by atoms with Gasteiger partial charge in [0.05, 0.1) is 18.3 Å². The molecule has 0 aromatic rings. The monoisotopic (exact) mass is 277 g/mol. The van der Waals surface area contributed by atoms with E-state index in [9.17, 15) is 0 Å². The van der Waals surface area contributed by atoms with Crippen LogP contribution < -0.4 is 0 Å². The average molecular weight is 278 g/mol. The van der Waals surface area contributed by atoms with Gasteiger partial charge >= 0.3 is 0 Å². The van der Waals surface area contributed by atoms with Crippen molar-refractivity contribution in [3.8, 4) is 0 Å². The van der Waals surface area contributed by atoms with E-state index >= 15 is 0 Å². The smallest absolute Gasteiger partial charge is 0.0806 e. The molecule has 0 N–H and O–H groups in total. The number of ether oxygens (including phenoxy) is 2. The van der Waals surface area contributed by atoms with Crippen LogP contribution in [0, 0.1) is 0 Å². The first-order valence-electron chi connectivity index (χ1n) is 5.66. The van der Waals surface area contributed by atoms with Crippen LogP contribution >= 0.6 is 15.9 Å². The van der Waals surface area contributed by atoms with Gasteiger partial charge in [-0.05, 0) is 20.3 Å². The van der Waals surface area contributed by atoms with Crippen LogP contribution in [0.15, 0.2) is 0 Å². The second-order valence-corrected chi connectivity index (χ2v) is 5.75. The summed E-state index contributed by atoms with van der Waals surface area (Å²) in [6, 6.07) is 0.606. The maximum atomic E-state index is 5.98. The summed E-state index contributed by atoms with van der Waals surface area (Å²) in [6.45, 7) is 8.20. The van der Waals surface area contributed by atoms with Crippen LogP contribution in [-0.4, -0.2) is 54.3 Å². The largest absolute Gasteiger partial charge is 0.380 e. The zero-order valence-corrected chi connectivity index (χ0v) is 11.1. The lowest BCUT2D eigenvalue weighted by Gasteiger charge is -2.44. The first kappa shape index (κ1) is 11.8. The summed E-state index contributed by atoms with van der Waals surface area (Å²) in [5.41, 5.74) is -0.0285. The SMILES string of the molecule is CC1(C)CN(C2CCOC2)CC(CBr)O1. The van der Waals surface area contributed by atoms with Gasteiger partial charge in [-0.25, -0.2) is 0 Å². The van der Waals surface area contributed by atoms with E-state index in [1.54, 1.807) is 0 Å². The molecule has 2 aliphatic heterocycles. The molecule has 2 saturated heterocycles. The second-order valence-electron chi connectivity index (χ2n) is 5.10. The molecule has 0 bridgehead atoms. The van der Waals surface area contributed by atoms with Crippen molar-refractivity contribution in [3.63, 3.8) is 0 Å². The zero-order chi connectivity index (χ0) is 10.9. The average Bonchev–Trinajstić information content (AvgIpc) is 2.68. The summed E-state index contributed by atoms with van der Waals surface area (Å²) in [7, 11) is 0. The first-order chi connectivity index (χ1) is 7.11. The minimum Gasteiger partial charge on any atom is -0.380 e. The molecule has 0 aliphatic carbocycles. The molecule has 2 atom stereocenters. The molecule has 0 radical (unpaired) electrons. The quantitative estimate of drug-likeness (QED) is 0.717. The van der Waals surface area contributed by atoms with Gasteiger partial charge in [-0.2, -0.15) is 0 Å². The number of rotatable bonds is 2. The lowest BCUT2D eigenvalue weighted by molar-refractivity contribution is -0.135. The number of halogens is 1. The van der Waals surface area contributed by atoms with E-state index in [2.05, 4.69) is 34.7 Å².